The van der Waals surface area contributed by atoms with Crippen LogP contribution in [0.4, 0.5) is 5.88 Å². The first-order valence-electron chi connectivity index (χ1n) is 7.27. The van der Waals surface area contributed by atoms with Gasteiger partial charge in [-0.25, -0.2) is 0 Å². The second-order valence-corrected chi connectivity index (χ2v) is 4.98. The summed E-state index contributed by atoms with van der Waals surface area (Å²) in [5, 5.41) is 6.65. The van der Waals surface area contributed by atoms with Crippen LogP contribution in [-0.2, 0) is 6.54 Å². The molecule has 7 heteroatoms. The number of nitrogens with one attached hydrogen (secondary N) is 1. The van der Waals surface area contributed by atoms with E-state index in [2.05, 4.69) is 15.5 Å². The van der Waals surface area contributed by atoms with Crippen LogP contribution in [0.3, 0.4) is 0 Å². The van der Waals surface area contributed by atoms with E-state index in [1.54, 1.807) is 31.5 Å². The Morgan fingerprint density at radius 3 is 2.79 bits per heavy atom. The van der Waals surface area contributed by atoms with Crippen molar-refractivity contribution in [1.29, 1.82) is 0 Å². The van der Waals surface area contributed by atoms with Crippen molar-refractivity contribution in [3.63, 3.8) is 0 Å². The van der Waals surface area contributed by atoms with Crippen LogP contribution in [0.2, 0.25) is 0 Å². The zero-order valence-electron chi connectivity index (χ0n) is 13.0. The van der Waals surface area contributed by atoms with E-state index in [1.807, 2.05) is 24.3 Å². The van der Waals surface area contributed by atoms with Gasteiger partial charge in [0.1, 0.15) is 17.0 Å². The molecule has 7 nitrogen and oxygen atoms in total. The minimum Gasteiger partial charge on any atom is -0.496 e. The van der Waals surface area contributed by atoms with Gasteiger partial charge < -0.3 is 20.3 Å². The molecule has 122 valence electrons. The van der Waals surface area contributed by atoms with E-state index in [-0.39, 0.29) is 23.9 Å². The molecule has 0 aliphatic heterocycles. The molecule has 3 aromatic rings. The molecular weight excluding hydrogens is 308 g/mol. The van der Waals surface area contributed by atoms with Gasteiger partial charge >= 0.3 is 0 Å². The number of carbonyl (C=O) groups excluding carboxylic acids is 1. The summed E-state index contributed by atoms with van der Waals surface area (Å²) in [6.45, 7) is 0.287. The average molecular weight is 324 g/mol. The Balaban J connectivity index is 1.82. The summed E-state index contributed by atoms with van der Waals surface area (Å²) in [4.78, 5) is 16.7. The molecule has 0 aliphatic carbocycles. The van der Waals surface area contributed by atoms with Crippen molar-refractivity contribution in [2.24, 2.45) is 0 Å². The maximum Gasteiger partial charge on any atom is 0.259 e. The van der Waals surface area contributed by atoms with Crippen LogP contribution in [0.15, 0.2) is 53.2 Å². The van der Waals surface area contributed by atoms with Crippen molar-refractivity contribution in [1.82, 2.24) is 15.5 Å². The van der Waals surface area contributed by atoms with Gasteiger partial charge in [-0.05, 0) is 18.2 Å². The molecule has 1 amide bonds. The Hall–Kier alpha value is -3.35. The average Bonchev–Trinajstić information content (AvgIpc) is 3.02. The fourth-order valence-corrected chi connectivity index (χ4v) is 2.31. The van der Waals surface area contributed by atoms with Crippen molar-refractivity contribution >= 4 is 11.8 Å². The minimum absolute atomic E-state index is 0.0480. The van der Waals surface area contributed by atoms with Crippen molar-refractivity contribution in [2.75, 3.05) is 12.8 Å². The zero-order valence-corrected chi connectivity index (χ0v) is 13.0. The smallest absolute Gasteiger partial charge is 0.259 e. The number of methoxy groups -OCH3 is 1. The van der Waals surface area contributed by atoms with Gasteiger partial charge in [0.2, 0.25) is 5.88 Å². The summed E-state index contributed by atoms with van der Waals surface area (Å²) in [7, 11) is 1.58. The summed E-state index contributed by atoms with van der Waals surface area (Å²) in [5.74, 6) is 0.259. The molecule has 0 radical (unpaired) electrons. The van der Waals surface area contributed by atoms with E-state index < -0.39 is 0 Å². The van der Waals surface area contributed by atoms with Crippen LogP contribution in [0.25, 0.3) is 11.4 Å². The van der Waals surface area contributed by atoms with E-state index in [1.165, 1.54) is 0 Å². The normalized spacial score (nSPS) is 10.4. The highest BCUT2D eigenvalue weighted by Gasteiger charge is 2.23. The Bertz CT molecular complexity index is 846. The first-order valence-corrected chi connectivity index (χ1v) is 7.27. The number of benzene rings is 1. The van der Waals surface area contributed by atoms with E-state index in [4.69, 9.17) is 15.0 Å². The number of pyridine rings is 1. The lowest BCUT2D eigenvalue weighted by atomic mass is 10.1. The summed E-state index contributed by atoms with van der Waals surface area (Å²) in [6, 6.07) is 12.7. The van der Waals surface area contributed by atoms with Gasteiger partial charge in [0.05, 0.1) is 12.8 Å². The van der Waals surface area contributed by atoms with Crippen LogP contribution >= 0.6 is 0 Å². The third-order valence-corrected chi connectivity index (χ3v) is 3.48. The number of carbonyl (C=O) groups is 1. The van der Waals surface area contributed by atoms with Crippen LogP contribution in [-0.4, -0.2) is 23.2 Å². The van der Waals surface area contributed by atoms with Crippen LogP contribution < -0.4 is 15.8 Å². The lowest BCUT2D eigenvalue weighted by Crippen LogP contribution is -2.24. The number of para-hydroxylation sites is 1. The largest absolute Gasteiger partial charge is 0.496 e. The molecule has 0 saturated heterocycles. The van der Waals surface area contributed by atoms with Gasteiger partial charge in [-0.2, -0.15) is 0 Å². The van der Waals surface area contributed by atoms with Gasteiger partial charge in [-0.3, -0.25) is 9.78 Å². The molecule has 3 N–H and O–H groups in total. The van der Waals surface area contributed by atoms with Crippen molar-refractivity contribution in [2.45, 2.75) is 6.54 Å². The SMILES string of the molecule is COc1ccccc1CNC(=O)c1c(-c2ccccn2)noc1N. The van der Waals surface area contributed by atoms with Gasteiger partial charge in [0, 0.05) is 18.3 Å². The predicted molar refractivity (Wildman–Crippen MR) is 88.3 cm³/mol. The van der Waals surface area contributed by atoms with Crippen LogP contribution in [0, 0.1) is 0 Å². The number of nitrogens with zero attached hydrogens (tertiary/aromatic N) is 2. The number of nitrogens with two attached hydrogens (primary N) is 1. The highest BCUT2D eigenvalue weighted by atomic mass is 16.5. The topological polar surface area (TPSA) is 103 Å². The lowest BCUT2D eigenvalue weighted by Gasteiger charge is -2.09. The Labute approximate surface area is 138 Å². The van der Waals surface area contributed by atoms with Crippen LogP contribution in [0.1, 0.15) is 15.9 Å². The Morgan fingerprint density at radius 2 is 2.04 bits per heavy atom. The second kappa shape index (κ2) is 6.82. The van der Waals surface area contributed by atoms with Crippen molar-refractivity contribution in [3.8, 4) is 17.1 Å². The summed E-state index contributed by atoms with van der Waals surface area (Å²) in [5.41, 5.74) is 7.61. The molecule has 0 atom stereocenters. The molecule has 0 spiro atoms. The summed E-state index contributed by atoms with van der Waals surface area (Å²) < 4.78 is 10.2. The first-order chi connectivity index (χ1) is 11.7. The number of aromatic nitrogens is 2. The molecule has 0 saturated carbocycles. The fraction of sp³-hybridized carbons (Fsp3) is 0.118. The maximum absolute atomic E-state index is 12.5. The van der Waals surface area contributed by atoms with Gasteiger partial charge in [-0.15, -0.1) is 0 Å². The molecule has 0 aliphatic rings. The standard InChI is InChI=1S/C17H16N4O3/c1-23-13-8-3-2-6-11(13)10-20-17(22)14-15(21-24-16(14)18)12-7-4-5-9-19-12/h2-9H,10,18H2,1H3,(H,20,22). The molecular formula is C17H16N4O3. The molecule has 24 heavy (non-hydrogen) atoms. The third-order valence-electron chi connectivity index (χ3n) is 3.48. The van der Waals surface area contributed by atoms with Crippen molar-refractivity contribution < 1.29 is 14.1 Å². The fourth-order valence-electron chi connectivity index (χ4n) is 2.31. The third kappa shape index (κ3) is 3.05. The van der Waals surface area contributed by atoms with E-state index >= 15 is 0 Å². The molecule has 2 aromatic heterocycles. The van der Waals surface area contributed by atoms with Gasteiger partial charge in [0.15, 0.2) is 0 Å². The van der Waals surface area contributed by atoms with E-state index in [0.717, 1.165) is 5.56 Å². The monoisotopic (exact) mass is 324 g/mol. The molecule has 1 aromatic carbocycles. The molecule has 0 fully saturated rings. The highest BCUT2D eigenvalue weighted by molar-refractivity contribution is 6.03. The quantitative estimate of drug-likeness (QED) is 0.746. The minimum atomic E-state index is -0.389. The van der Waals surface area contributed by atoms with Crippen molar-refractivity contribution in [3.05, 3.63) is 59.8 Å². The number of amides is 1. The highest BCUT2D eigenvalue weighted by Crippen LogP contribution is 2.25. The molecule has 3 rings (SSSR count). The van der Waals surface area contributed by atoms with E-state index in [0.29, 0.717) is 17.1 Å². The zero-order chi connectivity index (χ0) is 16.9. The lowest BCUT2D eigenvalue weighted by molar-refractivity contribution is 0.0952. The van der Waals surface area contributed by atoms with Gasteiger partial charge in [0.25, 0.3) is 5.91 Å². The Morgan fingerprint density at radius 1 is 1.25 bits per heavy atom. The number of hydrogen-bond acceptors (Lipinski definition) is 6. The number of rotatable bonds is 5. The molecule has 0 bridgehead atoms. The molecule has 2 heterocycles. The number of ether oxygens (including phenoxy) is 1. The second-order valence-electron chi connectivity index (χ2n) is 4.98. The summed E-state index contributed by atoms with van der Waals surface area (Å²) in [6.07, 6.45) is 1.61. The first kappa shape index (κ1) is 15.5. The maximum atomic E-state index is 12.5. The van der Waals surface area contributed by atoms with Crippen LogP contribution in [0.5, 0.6) is 5.75 Å². The van der Waals surface area contributed by atoms with Gasteiger partial charge in [-0.1, -0.05) is 29.4 Å². The number of anilines is 1. The Kier molecular flexibility index (Phi) is 4.42. The number of nitrogen functional groups attached to an aromatic ring is 1. The summed E-state index contributed by atoms with van der Waals surface area (Å²) >= 11 is 0. The number of hydrogen-bond donors (Lipinski definition) is 2. The molecule has 0 unspecified atom stereocenters. The predicted octanol–water partition coefficient (Wildman–Crippen LogP) is 2.26. The van der Waals surface area contributed by atoms with E-state index in [9.17, 15) is 4.79 Å².